The third kappa shape index (κ3) is 2.29. The van der Waals surface area contributed by atoms with Gasteiger partial charge < -0.3 is 5.21 Å². The monoisotopic (exact) mass is 266 g/mol. The minimum absolute atomic E-state index is 0.0917. The number of fused-ring (bicyclic) bond motifs is 1. The molecule has 0 saturated carbocycles. The molecule has 0 aliphatic heterocycles. The molecule has 20 heavy (non-hydrogen) atoms. The van der Waals surface area contributed by atoms with Crippen molar-refractivity contribution in [3.63, 3.8) is 0 Å². The summed E-state index contributed by atoms with van der Waals surface area (Å²) in [6.07, 6.45) is 3.13. The number of hydrogen-bond acceptors (Lipinski definition) is 4. The first-order chi connectivity index (χ1) is 9.74. The van der Waals surface area contributed by atoms with Crippen LogP contribution >= 0.6 is 0 Å². The Morgan fingerprint density at radius 3 is 2.80 bits per heavy atom. The first kappa shape index (κ1) is 12.1. The lowest BCUT2D eigenvalue weighted by molar-refractivity contribution is -0.782. The fourth-order valence-electron chi connectivity index (χ4n) is 1.86. The normalized spacial score (nSPS) is 11.2. The van der Waals surface area contributed by atoms with Crippen LogP contribution in [0.1, 0.15) is 15.9 Å². The highest BCUT2D eigenvalue weighted by Gasteiger charge is 2.08. The minimum Gasteiger partial charge on any atom is -0.359 e. The number of benzene rings is 2. The van der Waals surface area contributed by atoms with Gasteiger partial charge in [-0.1, -0.05) is 42.5 Å². The summed E-state index contributed by atoms with van der Waals surface area (Å²) in [6, 6.07) is 14.0. The van der Waals surface area contributed by atoms with E-state index in [0.717, 1.165) is 5.56 Å². The zero-order valence-electron chi connectivity index (χ0n) is 10.4. The maximum Gasteiger partial charge on any atom is 0.248 e. The van der Waals surface area contributed by atoms with Gasteiger partial charge in [0.25, 0.3) is 0 Å². The summed E-state index contributed by atoms with van der Waals surface area (Å²) in [5.74, 6) is -0.0917. The molecule has 1 heterocycles. The van der Waals surface area contributed by atoms with Gasteiger partial charge in [-0.15, -0.1) is 0 Å². The lowest BCUT2D eigenvalue weighted by Gasteiger charge is -1.94. The van der Waals surface area contributed by atoms with E-state index in [2.05, 4.69) is 9.79 Å². The van der Waals surface area contributed by atoms with Gasteiger partial charge in [-0.2, -0.15) is 0 Å². The fourth-order valence-corrected chi connectivity index (χ4v) is 1.86. The molecule has 0 radical (unpaired) electrons. The predicted octanol–water partition coefficient (Wildman–Crippen LogP) is 2.36. The van der Waals surface area contributed by atoms with Gasteiger partial charge in [0.1, 0.15) is 0 Å². The van der Waals surface area contributed by atoms with Crippen LogP contribution in [-0.2, 0) is 0 Å². The molecule has 5 heteroatoms. The first-order valence-corrected chi connectivity index (χ1v) is 6.01. The summed E-state index contributed by atoms with van der Waals surface area (Å²) in [7, 11) is 0. The quantitative estimate of drug-likeness (QED) is 0.414. The van der Waals surface area contributed by atoms with Crippen LogP contribution < -0.4 is 4.90 Å². The number of hydrogen-bond donors (Lipinski definition) is 0. The number of allylic oxidation sites excluding steroid dienone is 1. The topological polar surface area (TPSA) is 70.0 Å². The molecule has 0 aliphatic rings. The van der Waals surface area contributed by atoms with Crippen LogP contribution in [0.15, 0.2) is 59.2 Å². The molecule has 0 atom stereocenters. The molecule has 0 unspecified atom stereocenters. The second kappa shape index (κ2) is 4.97. The maximum absolute atomic E-state index is 11.9. The molecule has 0 fully saturated rings. The van der Waals surface area contributed by atoms with Gasteiger partial charge in [0.05, 0.1) is 0 Å². The zero-order chi connectivity index (χ0) is 13.9. The van der Waals surface area contributed by atoms with E-state index in [9.17, 15) is 10.0 Å². The summed E-state index contributed by atoms with van der Waals surface area (Å²) < 4.78 is 4.48. The second-order valence-corrected chi connectivity index (χ2v) is 4.24. The highest BCUT2D eigenvalue weighted by atomic mass is 16.8. The highest BCUT2D eigenvalue weighted by Crippen LogP contribution is 2.12. The van der Waals surface area contributed by atoms with Crippen LogP contribution in [0.2, 0.25) is 0 Å². The Balaban J connectivity index is 1.87. The van der Waals surface area contributed by atoms with Gasteiger partial charge in [0.2, 0.25) is 11.0 Å². The summed E-state index contributed by atoms with van der Waals surface area (Å²) >= 11 is 0. The molecule has 0 saturated heterocycles. The summed E-state index contributed by atoms with van der Waals surface area (Å²) in [6.45, 7) is 0. The number of carbonyl (C=O) groups is 1. The van der Waals surface area contributed by atoms with E-state index in [1.54, 1.807) is 36.4 Å². The molecule has 0 bridgehead atoms. The van der Waals surface area contributed by atoms with Crippen LogP contribution in [0.4, 0.5) is 0 Å². The summed E-state index contributed by atoms with van der Waals surface area (Å²) in [5.41, 5.74) is 2.16. The fraction of sp³-hybridized carbons (Fsp3) is 0. The van der Waals surface area contributed by atoms with Crippen LogP contribution in [-0.4, -0.2) is 10.9 Å². The van der Waals surface area contributed by atoms with Gasteiger partial charge in [-0.3, -0.25) is 9.42 Å². The average Bonchev–Trinajstić information content (AvgIpc) is 2.87. The Morgan fingerprint density at radius 1 is 1.20 bits per heavy atom. The van der Waals surface area contributed by atoms with Crippen molar-refractivity contribution in [1.82, 2.24) is 5.16 Å². The van der Waals surface area contributed by atoms with E-state index in [0.29, 0.717) is 21.5 Å². The van der Waals surface area contributed by atoms with E-state index in [1.807, 2.05) is 18.2 Å². The van der Waals surface area contributed by atoms with Gasteiger partial charge in [0, 0.05) is 16.8 Å². The van der Waals surface area contributed by atoms with Crippen molar-refractivity contribution in [2.24, 2.45) is 0 Å². The molecule has 0 N–H and O–H groups in total. The molecule has 0 spiro atoms. The van der Waals surface area contributed by atoms with E-state index in [4.69, 9.17) is 0 Å². The largest absolute Gasteiger partial charge is 0.359 e. The number of rotatable bonds is 3. The number of ketones is 1. The van der Waals surface area contributed by atoms with Gasteiger partial charge in [-0.25, -0.2) is 0 Å². The van der Waals surface area contributed by atoms with E-state index in [-0.39, 0.29) is 5.78 Å². The van der Waals surface area contributed by atoms with Crippen LogP contribution in [0, 0.1) is 5.21 Å². The SMILES string of the molecule is O=C(/C=C/c1ccc2no[n+]([O-])c2c1)c1ccccc1. The van der Waals surface area contributed by atoms with Gasteiger partial charge in [0.15, 0.2) is 5.78 Å². The molecule has 5 nitrogen and oxygen atoms in total. The Bertz CT molecular complexity index is 791. The molecular formula is C15H10N2O3. The molecule has 2 aromatic carbocycles. The Kier molecular flexibility index (Phi) is 3.01. The minimum atomic E-state index is -0.0917. The first-order valence-electron chi connectivity index (χ1n) is 6.01. The molecular weight excluding hydrogens is 256 g/mol. The maximum atomic E-state index is 11.9. The number of nitrogens with zero attached hydrogens (tertiary/aromatic N) is 2. The van der Waals surface area contributed by atoms with E-state index < -0.39 is 0 Å². The van der Waals surface area contributed by atoms with Crippen molar-refractivity contribution in [2.75, 3.05) is 0 Å². The van der Waals surface area contributed by atoms with Crippen molar-refractivity contribution in [2.45, 2.75) is 0 Å². The smallest absolute Gasteiger partial charge is 0.248 e. The number of carbonyl (C=O) groups excluding carboxylic acids is 1. The van der Waals surface area contributed by atoms with Crippen molar-refractivity contribution >= 4 is 22.9 Å². The van der Waals surface area contributed by atoms with Crippen molar-refractivity contribution < 1.29 is 14.3 Å². The molecule has 98 valence electrons. The van der Waals surface area contributed by atoms with E-state index in [1.165, 1.54) is 6.08 Å². The van der Waals surface area contributed by atoms with Crippen LogP contribution in [0.25, 0.3) is 17.1 Å². The van der Waals surface area contributed by atoms with Crippen LogP contribution in [0.5, 0.6) is 0 Å². The van der Waals surface area contributed by atoms with Crippen molar-refractivity contribution in [3.05, 3.63) is 70.9 Å². The van der Waals surface area contributed by atoms with Crippen LogP contribution in [0.3, 0.4) is 0 Å². The lowest BCUT2D eigenvalue weighted by Crippen LogP contribution is -2.22. The number of aromatic nitrogens is 2. The summed E-state index contributed by atoms with van der Waals surface area (Å²) in [5, 5.41) is 14.9. The molecule has 1 aromatic heterocycles. The van der Waals surface area contributed by atoms with E-state index >= 15 is 0 Å². The van der Waals surface area contributed by atoms with Gasteiger partial charge >= 0.3 is 0 Å². The molecule has 0 aliphatic carbocycles. The van der Waals surface area contributed by atoms with Crippen molar-refractivity contribution in [1.29, 1.82) is 0 Å². The van der Waals surface area contributed by atoms with Gasteiger partial charge in [-0.05, 0) is 22.6 Å². The second-order valence-electron chi connectivity index (χ2n) is 4.24. The standard InChI is InChI=1S/C15H10N2O3/c18-15(12-4-2-1-3-5-12)9-7-11-6-8-13-14(10-11)17(19)20-16-13/h1-10H/b9-7+. The Morgan fingerprint density at radius 2 is 2.00 bits per heavy atom. The third-order valence-electron chi connectivity index (χ3n) is 2.89. The Hall–Kier alpha value is -2.95. The molecule has 0 amide bonds. The summed E-state index contributed by atoms with van der Waals surface area (Å²) in [4.78, 5) is 12.3. The molecule has 3 rings (SSSR count). The molecule has 3 aromatic rings. The van der Waals surface area contributed by atoms with Crippen molar-refractivity contribution in [3.8, 4) is 0 Å². The third-order valence-corrected chi connectivity index (χ3v) is 2.89. The lowest BCUT2D eigenvalue weighted by atomic mass is 10.1. The average molecular weight is 266 g/mol. The predicted molar refractivity (Wildman–Crippen MR) is 72.8 cm³/mol. The Labute approximate surface area is 114 Å². The zero-order valence-corrected chi connectivity index (χ0v) is 10.4. The highest BCUT2D eigenvalue weighted by molar-refractivity contribution is 6.06.